The highest BCUT2D eigenvalue weighted by molar-refractivity contribution is 9.11. The van der Waals surface area contributed by atoms with E-state index in [0.29, 0.717) is 6.04 Å². The monoisotopic (exact) mass is 395 g/mol. The molecule has 20 heavy (non-hydrogen) atoms. The van der Waals surface area contributed by atoms with Crippen LogP contribution >= 0.6 is 31.9 Å². The molecule has 0 amide bonds. The molecular weight excluding hydrogens is 378 g/mol. The molecule has 0 fully saturated rings. The maximum Gasteiger partial charge on any atom is 0.0588 e. The van der Waals surface area contributed by atoms with E-state index >= 15 is 0 Å². The van der Waals surface area contributed by atoms with E-state index in [4.69, 9.17) is 0 Å². The molecule has 3 heteroatoms. The summed E-state index contributed by atoms with van der Waals surface area (Å²) >= 11 is 7.35. The highest BCUT2D eigenvalue weighted by Gasteiger charge is 2.25. The summed E-state index contributed by atoms with van der Waals surface area (Å²) in [7, 11) is 0. The maximum absolute atomic E-state index is 3.92. The Hall–Kier alpha value is -0.800. The highest BCUT2D eigenvalue weighted by Crippen LogP contribution is 2.40. The average molecular weight is 397 g/mol. The Labute approximate surface area is 138 Å². The van der Waals surface area contributed by atoms with E-state index in [1.165, 1.54) is 15.6 Å². The van der Waals surface area contributed by atoms with E-state index in [-0.39, 0.29) is 0 Å². The molecule has 0 aliphatic carbocycles. The molecule has 0 N–H and O–H groups in total. The van der Waals surface area contributed by atoms with E-state index in [1.807, 2.05) is 12.2 Å². The Morgan fingerprint density at radius 1 is 1.15 bits per heavy atom. The van der Waals surface area contributed by atoms with Gasteiger partial charge in [0.25, 0.3) is 0 Å². The molecule has 0 saturated heterocycles. The number of benzene rings is 1. The van der Waals surface area contributed by atoms with Crippen LogP contribution in [0.2, 0.25) is 0 Å². The molecule has 1 nitrogen and oxygen atoms in total. The molecular formula is C17H19Br2N. The largest absolute Gasteiger partial charge is 0.370 e. The fraction of sp³-hybridized carbons (Fsp3) is 0.294. The molecule has 1 heterocycles. The Morgan fingerprint density at radius 3 is 2.60 bits per heavy atom. The lowest BCUT2D eigenvalue weighted by Gasteiger charge is -2.35. The molecule has 2 rings (SSSR count). The van der Waals surface area contributed by atoms with Crippen molar-refractivity contribution in [1.29, 1.82) is 0 Å². The molecule has 0 saturated carbocycles. The maximum atomic E-state index is 3.92. The van der Waals surface area contributed by atoms with Crippen molar-refractivity contribution in [3.8, 4) is 0 Å². The second-order valence-corrected chi connectivity index (χ2v) is 6.59. The summed E-state index contributed by atoms with van der Waals surface area (Å²) in [5.74, 6) is 0. The van der Waals surface area contributed by atoms with Crippen LogP contribution in [-0.2, 0) is 0 Å². The summed E-state index contributed by atoms with van der Waals surface area (Å²) in [6.07, 6.45) is 11.5. The number of fused-ring (bicyclic) bond motifs is 1. The second-order valence-electron chi connectivity index (χ2n) is 4.88. The number of nitrogens with zero attached hydrogens (tertiary/aromatic N) is 1. The van der Waals surface area contributed by atoms with Gasteiger partial charge in [-0.2, -0.15) is 0 Å². The van der Waals surface area contributed by atoms with E-state index in [2.05, 4.69) is 74.3 Å². The second kappa shape index (κ2) is 7.28. The fourth-order valence-corrected chi connectivity index (χ4v) is 3.68. The number of unbranched alkanes of at least 4 members (excludes halogenated alkanes) is 1. The summed E-state index contributed by atoms with van der Waals surface area (Å²) in [6, 6.07) is 4.55. The van der Waals surface area contributed by atoms with Crippen molar-refractivity contribution in [2.45, 2.75) is 25.3 Å². The van der Waals surface area contributed by atoms with Crippen LogP contribution in [0.5, 0.6) is 0 Å². The zero-order chi connectivity index (χ0) is 14.5. The first-order valence-corrected chi connectivity index (χ1v) is 8.41. The lowest BCUT2D eigenvalue weighted by Crippen LogP contribution is -2.27. The lowest BCUT2D eigenvalue weighted by molar-refractivity contribution is 0.275. The van der Waals surface area contributed by atoms with Gasteiger partial charge in [0.2, 0.25) is 0 Å². The summed E-state index contributed by atoms with van der Waals surface area (Å²) < 4.78 is 2.31. The third-order valence-electron chi connectivity index (χ3n) is 3.56. The van der Waals surface area contributed by atoms with E-state index in [1.54, 1.807) is 0 Å². The molecule has 1 aliphatic rings. The molecule has 0 bridgehead atoms. The number of hydrogen-bond donors (Lipinski definition) is 0. The minimum atomic E-state index is 0.351. The normalized spacial score (nSPS) is 16.9. The van der Waals surface area contributed by atoms with Crippen LogP contribution < -0.4 is 0 Å². The van der Waals surface area contributed by atoms with Crippen LogP contribution in [-0.4, -0.2) is 11.4 Å². The average Bonchev–Trinajstić information content (AvgIpc) is 2.45. The van der Waals surface area contributed by atoms with Crippen molar-refractivity contribution in [3.05, 3.63) is 63.7 Å². The van der Waals surface area contributed by atoms with Crippen molar-refractivity contribution < 1.29 is 0 Å². The standard InChI is InChI=1S/C17H19Br2N/c1-3-5-6-11-20-12-10-13-14(18)8-9-15(19)17(13)16(20)7-4-2/h3-4,8-10,12,16H,1-2,5-7,11H2. The van der Waals surface area contributed by atoms with Crippen LogP contribution in [0, 0.1) is 0 Å². The molecule has 0 aromatic heterocycles. The van der Waals surface area contributed by atoms with Gasteiger partial charge in [-0.15, -0.1) is 13.2 Å². The molecule has 1 aromatic rings. The predicted molar refractivity (Wildman–Crippen MR) is 94.6 cm³/mol. The first-order chi connectivity index (χ1) is 9.69. The Kier molecular flexibility index (Phi) is 5.67. The topological polar surface area (TPSA) is 3.24 Å². The first kappa shape index (κ1) is 15.6. The van der Waals surface area contributed by atoms with Gasteiger partial charge in [-0.05, 0) is 48.6 Å². The third kappa shape index (κ3) is 3.26. The zero-order valence-electron chi connectivity index (χ0n) is 11.5. The van der Waals surface area contributed by atoms with Gasteiger partial charge < -0.3 is 4.90 Å². The van der Waals surface area contributed by atoms with Gasteiger partial charge >= 0.3 is 0 Å². The van der Waals surface area contributed by atoms with Gasteiger partial charge in [0.1, 0.15) is 0 Å². The quantitative estimate of drug-likeness (QED) is 0.415. The first-order valence-electron chi connectivity index (χ1n) is 6.82. The van der Waals surface area contributed by atoms with Gasteiger partial charge in [-0.3, -0.25) is 0 Å². The molecule has 1 atom stereocenters. The summed E-state index contributed by atoms with van der Waals surface area (Å²) in [5, 5.41) is 0. The Bertz CT molecular complexity index is 534. The highest BCUT2D eigenvalue weighted by atomic mass is 79.9. The molecule has 0 spiro atoms. The van der Waals surface area contributed by atoms with Crippen LogP contribution in [0.1, 0.15) is 36.4 Å². The molecule has 106 valence electrons. The molecule has 1 aliphatic heterocycles. The Morgan fingerprint density at radius 2 is 1.90 bits per heavy atom. The summed E-state index contributed by atoms with van der Waals surface area (Å²) in [6.45, 7) is 8.75. The molecule has 0 radical (unpaired) electrons. The lowest BCUT2D eigenvalue weighted by atomic mass is 9.93. The van der Waals surface area contributed by atoms with Crippen LogP contribution in [0.25, 0.3) is 6.08 Å². The smallest absolute Gasteiger partial charge is 0.0588 e. The summed E-state index contributed by atoms with van der Waals surface area (Å²) in [4.78, 5) is 2.41. The predicted octanol–water partition coefficient (Wildman–Crippen LogP) is 6.08. The number of allylic oxidation sites excluding steroid dienone is 1. The Balaban J connectivity index is 2.34. The van der Waals surface area contributed by atoms with Gasteiger partial charge in [-0.25, -0.2) is 0 Å². The van der Waals surface area contributed by atoms with E-state index in [9.17, 15) is 0 Å². The number of hydrogen-bond acceptors (Lipinski definition) is 1. The van der Waals surface area contributed by atoms with Gasteiger partial charge in [0.15, 0.2) is 0 Å². The van der Waals surface area contributed by atoms with Gasteiger partial charge in [-0.1, -0.05) is 44.0 Å². The minimum Gasteiger partial charge on any atom is -0.370 e. The minimum absolute atomic E-state index is 0.351. The molecule has 1 unspecified atom stereocenters. The van der Waals surface area contributed by atoms with E-state index < -0.39 is 0 Å². The van der Waals surface area contributed by atoms with Crippen molar-refractivity contribution in [3.63, 3.8) is 0 Å². The van der Waals surface area contributed by atoms with Crippen LogP contribution in [0.3, 0.4) is 0 Å². The molecule has 1 aromatic carbocycles. The van der Waals surface area contributed by atoms with E-state index in [0.717, 1.165) is 30.3 Å². The number of halogens is 2. The van der Waals surface area contributed by atoms with Crippen molar-refractivity contribution in [2.75, 3.05) is 6.54 Å². The van der Waals surface area contributed by atoms with Crippen molar-refractivity contribution in [1.82, 2.24) is 4.90 Å². The fourth-order valence-electron chi connectivity index (χ4n) is 2.59. The third-order valence-corrected chi connectivity index (χ3v) is 4.94. The van der Waals surface area contributed by atoms with Crippen LogP contribution in [0.15, 0.2) is 52.6 Å². The zero-order valence-corrected chi connectivity index (χ0v) is 14.7. The number of rotatable bonds is 6. The van der Waals surface area contributed by atoms with Crippen molar-refractivity contribution in [2.24, 2.45) is 0 Å². The van der Waals surface area contributed by atoms with Gasteiger partial charge in [0, 0.05) is 21.7 Å². The SMILES string of the molecule is C=CCCCN1C=Cc2c(Br)ccc(Br)c2C1CC=C. The van der Waals surface area contributed by atoms with Crippen LogP contribution in [0.4, 0.5) is 0 Å². The summed E-state index contributed by atoms with van der Waals surface area (Å²) in [5.41, 5.74) is 2.62. The van der Waals surface area contributed by atoms with Gasteiger partial charge in [0.05, 0.1) is 6.04 Å². The van der Waals surface area contributed by atoms with Crippen molar-refractivity contribution >= 4 is 37.9 Å².